The van der Waals surface area contributed by atoms with Gasteiger partial charge >= 0.3 is 6.09 Å². The molecule has 0 aliphatic carbocycles. The van der Waals surface area contributed by atoms with E-state index in [1.165, 1.54) is 0 Å². The summed E-state index contributed by atoms with van der Waals surface area (Å²) in [4.78, 5) is 26.5. The Morgan fingerprint density at radius 3 is 2.61 bits per heavy atom. The fourth-order valence-corrected chi connectivity index (χ4v) is 3.43. The molecule has 7 heteroatoms. The van der Waals surface area contributed by atoms with Crippen molar-refractivity contribution >= 4 is 12.0 Å². The number of hydrogen-bond acceptors (Lipinski definition) is 5. The number of carbonyl (C=O) groups is 2. The number of rotatable bonds is 6. The molecule has 7 nitrogen and oxygen atoms in total. The molecule has 2 N–H and O–H groups in total. The van der Waals surface area contributed by atoms with Crippen LogP contribution in [0.1, 0.15) is 38.3 Å². The van der Waals surface area contributed by atoms with Crippen molar-refractivity contribution < 1.29 is 24.2 Å². The summed E-state index contributed by atoms with van der Waals surface area (Å²) in [5.74, 6) is 0.571. The fourth-order valence-electron chi connectivity index (χ4n) is 3.43. The summed E-state index contributed by atoms with van der Waals surface area (Å²) in [7, 11) is 0. The first-order chi connectivity index (χ1) is 14.7. The molecule has 1 aliphatic rings. The number of alkyl carbamates (subject to hydrolysis) is 1. The van der Waals surface area contributed by atoms with Crippen LogP contribution in [0.25, 0.3) is 0 Å². The number of phenolic OH excluding ortho intramolecular Hbond substituents is 1. The Labute approximate surface area is 183 Å². The highest BCUT2D eigenvalue weighted by atomic mass is 16.6. The maximum absolute atomic E-state index is 12.9. The molecule has 1 aliphatic heterocycles. The normalized spacial score (nSPS) is 16.1. The summed E-state index contributed by atoms with van der Waals surface area (Å²) in [6.07, 6.45) is 0.302. The van der Waals surface area contributed by atoms with Crippen LogP contribution in [0.15, 0.2) is 48.5 Å². The van der Waals surface area contributed by atoms with E-state index in [0.717, 1.165) is 5.56 Å². The molecule has 0 saturated carbocycles. The van der Waals surface area contributed by atoms with Gasteiger partial charge in [0, 0.05) is 18.7 Å². The molecule has 1 saturated heterocycles. The Morgan fingerprint density at radius 1 is 1.16 bits per heavy atom. The second kappa shape index (κ2) is 9.73. The molecule has 0 bridgehead atoms. The average molecular weight is 427 g/mol. The molecule has 2 aromatic carbocycles. The van der Waals surface area contributed by atoms with Crippen molar-refractivity contribution in [3.8, 4) is 11.5 Å². The molecule has 0 aromatic heterocycles. The molecule has 0 unspecified atom stereocenters. The number of phenols is 1. The maximum Gasteiger partial charge on any atom is 0.407 e. The van der Waals surface area contributed by atoms with E-state index < -0.39 is 11.7 Å². The molecule has 166 valence electrons. The molecular formula is C24H30N2O5. The third-order valence-corrected chi connectivity index (χ3v) is 4.88. The minimum Gasteiger partial charge on any atom is -0.508 e. The fraction of sp³-hybridized carbons (Fsp3) is 0.417. The smallest absolute Gasteiger partial charge is 0.407 e. The van der Waals surface area contributed by atoms with Gasteiger partial charge in [-0.05, 0) is 51.0 Å². The lowest BCUT2D eigenvalue weighted by Crippen LogP contribution is -2.41. The number of benzene rings is 2. The lowest BCUT2D eigenvalue weighted by molar-refractivity contribution is -0.129. The molecule has 1 heterocycles. The summed E-state index contributed by atoms with van der Waals surface area (Å²) < 4.78 is 11.2. The molecule has 2 amide bonds. The third kappa shape index (κ3) is 6.91. The van der Waals surface area contributed by atoms with Crippen LogP contribution in [0.3, 0.4) is 0 Å². The summed E-state index contributed by atoms with van der Waals surface area (Å²) in [6, 6.07) is 14.4. The SMILES string of the molecule is CC(C)(C)OC(=O)N[C@@H]1CCN(C(=O)Cc2cc(O)ccc2OCc2ccccc2)C1. The number of amides is 2. The Hall–Kier alpha value is -3.22. The zero-order valence-corrected chi connectivity index (χ0v) is 18.3. The first-order valence-corrected chi connectivity index (χ1v) is 10.5. The highest BCUT2D eigenvalue weighted by molar-refractivity contribution is 5.80. The van der Waals surface area contributed by atoms with Gasteiger partial charge in [-0.25, -0.2) is 4.79 Å². The van der Waals surface area contributed by atoms with Crippen molar-refractivity contribution in [1.29, 1.82) is 0 Å². The van der Waals surface area contributed by atoms with E-state index in [9.17, 15) is 14.7 Å². The van der Waals surface area contributed by atoms with Crippen molar-refractivity contribution in [1.82, 2.24) is 10.2 Å². The Morgan fingerprint density at radius 2 is 1.90 bits per heavy atom. The number of hydrogen-bond donors (Lipinski definition) is 2. The van der Waals surface area contributed by atoms with Crippen LogP contribution >= 0.6 is 0 Å². The van der Waals surface area contributed by atoms with E-state index in [0.29, 0.717) is 37.4 Å². The minimum absolute atomic E-state index is 0.0800. The second-order valence-corrected chi connectivity index (χ2v) is 8.71. The van der Waals surface area contributed by atoms with E-state index >= 15 is 0 Å². The van der Waals surface area contributed by atoms with Gasteiger partial charge < -0.3 is 24.8 Å². The van der Waals surface area contributed by atoms with Crippen LogP contribution in [0.5, 0.6) is 11.5 Å². The number of nitrogens with one attached hydrogen (secondary N) is 1. The largest absolute Gasteiger partial charge is 0.508 e. The molecule has 3 rings (SSSR count). The van der Waals surface area contributed by atoms with E-state index in [2.05, 4.69) is 5.32 Å². The lowest BCUT2D eigenvalue weighted by Gasteiger charge is -2.22. The van der Waals surface area contributed by atoms with Crippen LogP contribution in [0.4, 0.5) is 4.79 Å². The zero-order chi connectivity index (χ0) is 22.4. The topological polar surface area (TPSA) is 88.1 Å². The molecule has 2 aromatic rings. The third-order valence-electron chi connectivity index (χ3n) is 4.88. The van der Waals surface area contributed by atoms with Crippen LogP contribution in [-0.4, -0.2) is 46.7 Å². The van der Waals surface area contributed by atoms with E-state index in [-0.39, 0.29) is 24.1 Å². The van der Waals surface area contributed by atoms with Gasteiger partial charge in [0.1, 0.15) is 23.7 Å². The van der Waals surface area contributed by atoms with Crippen molar-refractivity contribution in [3.05, 3.63) is 59.7 Å². The average Bonchev–Trinajstić information content (AvgIpc) is 3.15. The van der Waals surface area contributed by atoms with Crippen LogP contribution in [-0.2, 0) is 22.6 Å². The van der Waals surface area contributed by atoms with Gasteiger partial charge in [-0.15, -0.1) is 0 Å². The van der Waals surface area contributed by atoms with Gasteiger partial charge in [0.2, 0.25) is 5.91 Å². The number of likely N-dealkylation sites (tertiary alicyclic amines) is 1. The van der Waals surface area contributed by atoms with Gasteiger partial charge in [-0.2, -0.15) is 0 Å². The Bertz CT molecular complexity index is 908. The molecule has 31 heavy (non-hydrogen) atoms. The summed E-state index contributed by atoms with van der Waals surface area (Å²) >= 11 is 0. The predicted molar refractivity (Wildman–Crippen MR) is 117 cm³/mol. The highest BCUT2D eigenvalue weighted by Gasteiger charge is 2.29. The monoisotopic (exact) mass is 426 g/mol. The van der Waals surface area contributed by atoms with Crippen molar-refractivity contribution in [3.63, 3.8) is 0 Å². The van der Waals surface area contributed by atoms with Crippen LogP contribution in [0.2, 0.25) is 0 Å². The number of aromatic hydroxyl groups is 1. The van der Waals surface area contributed by atoms with Gasteiger partial charge in [0.15, 0.2) is 0 Å². The van der Waals surface area contributed by atoms with Gasteiger partial charge in [0.05, 0.1) is 12.5 Å². The minimum atomic E-state index is -0.566. The number of ether oxygens (including phenoxy) is 2. The highest BCUT2D eigenvalue weighted by Crippen LogP contribution is 2.26. The first-order valence-electron chi connectivity index (χ1n) is 10.5. The van der Waals surface area contributed by atoms with E-state index in [4.69, 9.17) is 9.47 Å². The Balaban J connectivity index is 1.57. The quantitative estimate of drug-likeness (QED) is 0.736. The molecule has 0 radical (unpaired) electrons. The Kier molecular flexibility index (Phi) is 7.05. The number of carbonyl (C=O) groups excluding carboxylic acids is 2. The lowest BCUT2D eigenvalue weighted by atomic mass is 10.1. The van der Waals surface area contributed by atoms with Crippen molar-refractivity contribution in [2.24, 2.45) is 0 Å². The molecule has 0 spiro atoms. The maximum atomic E-state index is 12.9. The van der Waals surface area contributed by atoms with E-state index in [1.807, 2.05) is 51.1 Å². The van der Waals surface area contributed by atoms with E-state index in [1.54, 1.807) is 23.1 Å². The standard InChI is InChI=1S/C24H30N2O5/c1-24(2,3)31-23(29)25-19-11-12-26(15-19)22(28)14-18-13-20(27)9-10-21(18)30-16-17-7-5-4-6-8-17/h4-10,13,19,27H,11-12,14-16H2,1-3H3,(H,25,29)/t19-/m1/s1. The van der Waals surface area contributed by atoms with Crippen LogP contribution in [0, 0.1) is 0 Å². The summed E-state index contributed by atoms with van der Waals surface area (Å²) in [5, 5.41) is 12.7. The van der Waals surface area contributed by atoms with Gasteiger partial charge in [0.25, 0.3) is 0 Å². The molecular weight excluding hydrogens is 396 g/mol. The zero-order valence-electron chi connectivity index (χ0n) is 18.3. The van der Waals surface area contributed by atoms with Gasteiger partial charge in [-0.3, -0.25) is 4.79 Å². The summed E-state index contributed by atoms with van der Waals surface area (Å²) in [6.45, 7) is 6.78. The number of nitrogens with zero attached hydrogens (tertiary/aromatic N) is 1. The van der Waals surface area contributed by atoms with Crippen LogP contribution < -0.4 is 10.1 Å². The van der Waals surface area contributed by atoms with Crippen molar-refractivity contribution in [2.45, 2.75) is 51.9 Å². The molecule has 1 atom stereocenters. The van der Waals surface area contributed by atoms with Crippen molar-refractivity contribution in [2.75, 3.05) is 13.1 Å². The first kappa shape index (κ1) is 22.5. The predicted octanol–water partition coefficient (Wildman–Crippen LogP) is 3.64. The second-order valence-electron chi connectivity index (χ2n) is 8.71. The van der Waals surface area contributed by atoms with Gasteiger partial charge in [-0.1, -0.05) is 30.3 Å². The molecule has 1 fully saturated rings. The summed E-state index contributed by atoms with van der Waals surface area (Å²) in [5.41, 5.74) is 1.08.